The summed E-state index contributed by atoms with van der Waals surface area (Å²) in [5, 5.41) is 6.10. The molecular formula is C19H19F2N3O2. The van der Waals surface area contributed by atoms with Crippen molar-refractivity contribution in [1.82, 2.24) is 10.6 Å². The Balaban J connectivity index is 1.80. The molecule has 2 atom stereocenters. The van der Waals surface area contributed by atoms with Crippen LogP contribution in [0.15, 0.2) is 42.5 Å². The van der Waals surface area contributed by atoms with Crippen LogP contribution in [0.3, 0.4) is 0 Å². The zero-order valence-corrected chi connectivity index (χ0v) is 14.0. The maximum absolute atomic E-state index is 13.6. The standard InChI is InChI=1S/C19H19F2N3O2/c20-15-5-4-11(9-16(15)21)14-6-7-23-10-17(14)24-19(26)13-3-1-2-12(8-13)18(22)25/h1-5,8-9,14,17,23H,6-7,10H2,(H2,22,25)(H,24,26). The maximum atomic E-state index is 13.6. The van der Waals surface area contributed by atoms with Crippen LogP contribution >= 0.6 is 0 Å². The lowest BCUT2D eigenvalue weighted by atomic mass is 9.85. The molecule has 5 nitrogen and oxygen atoms in total. The number of primary amides is 1. The van der Waals surface area contributed by atoms with Gasteiger partial charge in [-0.1, -0.05) is 12.1 Å². The van der Waals surface area contributed by atoms with E-state index in [4.69, 9.17) is 5.73 Å². The van der Waals surface area contributed by atoms with E-state index in [-0.39, 0.29) is 23.4 Å². The summed E-state index contributed by atoms with van der Waals surface area (Å²) < 4.78 is 26.8. The lowest BCUT2D eigenvalue weighted by molar-refractivity contribution is 0.0924. The molecule has 0 radical (unpaired) electrons. The molecule has 0 saturated carbocycles. The Labute approximate surface area is 149 Å². The van der Waals surface area contributed by atoms with Crippen LogP contribution in [0.5, 0.6) is 0 Å². The van der Waals surface area contributed by atoms with E-state index in [0.717, 1.165) is 6.07 Å². The van der Waals surface area contributed by atoms with Gasteiger partial charge in [0.05, 0.1) is 0 Å². The van der Waals surface area contributed by atoms with E-state index in [1.165, 1.54) is 18.2 Å². The zero-order valence-electron chi connectivity index (χ0n) is 14.0. The molecule has 2 amide bonds. The van der Waals surface area contributed by atoms with E-state index in [0.29, 0.717) is 30.6 Å². The van der Waals surface area contributed by atoms with Crippen molar-refractivity contribution in [1.29, 1.82) is 0 Å². The molecule has 2 aromatic carbocycles. The topological polar surface area (TPSA) is 84.2 Å². The van der Waals surface area contributed by atoms with Gasteiger partial charge in [0, 0.05) is 29.6 Å². The van der Waals surface area contributed by atoms with Crippen LogP contribution < -0.4 is 16.4 Å². The summed E-state index contributed by atoms with van der Waals surface area (Å²) in [4.78, 5) is 23.8. The summed E-state index contributed by atoms with van der Waals surface area (Å²) in [7, 11) is 0. The van der Waals surface area contributed by atoms with Crippen molar-refractivity contribution >= 4 is 11.8 Å². The highest BCUT2D eigenvalue weighted by Crippen LogP contribution is 2.27. The molecule has 4 N–H and O–H groups in total. The molecule has 26 heavy (non-hydrogen) atoms. The Morgan fingerprint density at radius 1 is 1.08 bits per heavy atom. The summed E-state index contributed by atoms with van der Waals surface area (Å²) in [5.41, 5.74) is 6.45. The van der Waals surface area contributed by atoms with Gasteiger partial charge in [-0.25, -0.2) is 8.78 Å². The second kappa shape index (κ2) is 7.61. The lowest BCUT2D eigenvalue weighted by Crippen LogP contribution is -2.50. The van der Waals surface area contributed by atoms with E-state index in [1.807, 2.05) is 0 Å². The van der Waals surface area contributed by atoms with Gasteiger partial charge in [-0.3, -0.25) is 9.59 Å². The second-order valence-corrected chi connectivity index (χ2v) is 6.30. The number of carbonyl (C=O) groups excluding carboxylic acids is 2. The third-order valence-electron chi connectivity index (χ3n) is 4.58. The first-order valence-corrected chi connectivity index (χ1v) is 8.32. The SMILES string of the molecule is NC(=O)c1cccc(C(=O)NC2CNCCC2c2ccc(F)c(F)c2)c1. The fraction of sp³-hybridized carbons (Fsp3) is 0.263. The largest absolute Gasteiger partial charge is 0.366 e. The van der Waals surface area contributed by atoms with Crippen molar-refractivity contribution < 1.29 is 18.4 Å². The number of nitrogens with one attached hydrogen (secondary N) is 2. The first kappa shape index (κ1) is 18.0. The second-order valence-electron chi connectivity index (χ2n) is 6.30. The third-order valence-corrected chi connectivity index (χ3v) is 4.58. The number of nitrogens with two attached hydrogens (primary N) is 1. The Morgan fingerprint density at radius 3 is 2.58 bits per heavy atom. The van der Waals surface area contributed by atoms with Crippen LogP contribution in [-0.2, 0) is 0 Å². The molecule has 1 heterocycles. The summed E-state index contributed by atoms with van der Waals surface area (Å²) in [5.74, 6) is -2.91. The van der Waals surface area contributed by atoms with E-state index in [1.54, 1.807) is 18.2 Å². The van der Waals surface area contributed by atoms with Crippen molar-refractivity contribution in [3.63, 3.8) is 0 Å². The van der Waals surface area contributed by atoms with Crippen molar-refractivity contribution in [3.8, 4) is 0 Å². The minimum Gasteiger partial charge on any atom is -0.366 e. The minimum absolute atomic E-state index is 0.144. The third kappa shape index (κ3) is 3.88. The van der Waals surface area contributed by atoms with E-state index in [9.17, 15) is 18.4 Å². The first-order chi connectivity index (χ1) is 12.5. The van der Waals surface area contributed by atoms with E-state index >= 15 is 0 Å². The molecule has 0 aromatic heterocycles. The highest BCUT2D eigenvalue weighted by molar-refractivity contribution is 5.99. The zero-order chi connectivity index (χ0) is 18.7. The van der Waals surface area contributed by atoms with Crippen LogP contribution in [0.4, 0.5) is 8.78 Å². The smallest absolute Gasteiger partial charge is 0.251 e. The van der Waals surface area contributed by atoms with Gasteiger partial charge in [-0.2, -0.15) is 0 Å². The fourth-order valence-corrected chi connectivity index (χ4v) is 3.22. The highest BCUT2D eigenvalue weighted by Gasteiger charge is 2.28. The number of halogens is 2. The molecule has 3 rings (SSSR count). The average molecular weight is 359 g/mol. The molecule has 2 aromatic rings. The molecular weight excluding hydrogens is 340 g/mol. The van der Waals surface area contributed by atoms with Crippen molar-refractivity contribution in [2.24, 2.45) is 5.73 Å². The summed E-state index contributed by atoms with van der Waals surface area (Å²) in [6, 6.07) is 9.66. The Kier molecular flexibility index (Phi) is 5.27. The van der Waals surface area contributed by atoms with Crippen molar-refractivity contribution in [2.75, 3.05) is 13.1 Å². The summed E-state index contributed by atoms with van der Waals surface area (Å²) in [6.45, 7) is 1.22. The predicted molar refractivity (Wildman–Crippen MR) is 92.8 cm³/mol. The van der Waals surface area contributed by atoms with Gasteiger partial charge in [-0.15, -0.1) is 0 Å². The monoisotopic (exact) mass is 359 g/mol. The first-order valence-electron chi connectivity index (χ1n) is 8.32. The molecule has 136 valence electrons. The molecule has 0 spiro atoms. The molecule has 2 unspecified atom stereocenters. The van der Waals surface area contributed by atoms with E-state index in [2.05, 4.69) is 10.6 Å². The highest BCUT2D eigenvalue weighted by atomic mass is 19.2. The molecule has 0 bridgehead atoms. The number of benzene rings is 2. The number of hydrogen-bond acceptors (Lipinski definition) is 3. The van der Waals surface area contributed by atoms with Gasteiger partial charge >= 0.3 is 0 Å². The molecule has 0 aliphatic carbocycles. The van der Waals surface area contributed by atoms with Gasteiger partial charge < -0.3 is 16.4 Å². The quantitative estimate of drug-likeness (QED) is 0.780. The molecule has 1 aliphatic rings. The van der Waals surface area contributed by atoms with Crippen LogP contribution in [0.1, 0.15) is 38.6 Å². The van der Waals surface area contributed by atoms with Crippen LogP contribution in [-0.4, -0.2) is 30.9 Å². The van der Waals surface area contributed by atoms with Crippen molar-refractivity contribution in [3.05, 3.63) is 70.8 Å². The number of carbonyl (C=O) groups is 2. The Bertz CT molecular complexity index is 841. The van der Waals surface area contributed by atoms with Gasteiger partial charge in [-0.05, 0) is 48.9 Å². The number of piperidine rings is 1. The molecule has 1 saturated heterocycles. The average Bonchev–Trinajstić information content (AvgIpc) is 2.64. The summed E-state index contributed by atoms with van der Waals surface area (Å²) >= 11 is 0. The Hall–Kier alpha value is -2.80. The predicted octanol–water partition coefficient (Wildman–Crippen LogP) is 1.94. The van der Waals surface area contributed by atoms with Gasteiger partial charge in [0.2, 0.25) is 5.91 Å². The van der Waals surface area contributed by atoms with Crippen molar-refractivity contribution in [2.45, 2.75) is 18.4 Å². The number of amides is 2. The maximum Gasteiger partial charge on any atom is 0.251 e. The van der Waals surface area contributed by atoms with Gasteiger partial charge in [0.25, 0.3) is 5.91 Å². The lowest BCUT2D eigenvalue weighted by Gasteiger charge is -2.33. The van der Waals surface area contributed by atoms with Crippen LogP contribution in [0, 0.1) is 11.6 Å². The van der Waals surface area contributed by atoms with Gasteiger partial charge in [0.1, 0.15) is 0 Å². The molecule has 7 heteroatoms. The molecule has 1 aliphatic heterocycles. The summed E-state index contributed by atoms with van der Waals surface area (Å²) in [6.07, 6.45) is 0.678. The molecule has 1 fully saturated rings. The van der Waals surface area contributed by atoms with E-state index < -0.39 is 17.5 Å². The van der Waals surface area contributed by atoms with Gasteiger partial charge in [0.15, 0.2) is 11.6 Å². The van der Waals surface area contributed by atoms with Crippen LogP contribution in [0.2, 0.25) is 0 Å². The minimum atomic E-state index is -0.903. The number of hydrogen-bond donors (Lipinski definition) is 3. The normalized spacial score (nSPS) is 19.8. The Morgan fingerprint density at radius 2 is 1.85 bits per heavy atom. The van der Waals surface area contributed by atoms with Crippen LogP contribution in [0.25, 0.3) is 0 Å². The fourth-order valence-electron chi connectivity index (χ4n) is 3.22. The number of rotatable bonds is 4.